The van der Waals surface area contributed by atoms with Gasteiger partial charge in [0.1, 0.15) is 14.0 Å². The van der Waals surface area contributed by atoms with Crippen LogP contribution in [-0.2, 0) is 9.47 Å². The lowest BCUT2D eigenvalue weighted by Crippen LogP contribution is -2.46. The van der Waals surface area contributed by atoms with Gasteiger partial charge >= 0.3 is 0 Å². The third-order valence-corrected chi connectivity index (χ3v) is 5.25. The average molecular weight is 205 g/mol. The highest BCUT2D eigenvalue weighted by Crippen LogP contribution is 2.17. The fourth-order valence-electron chi connectivity index (χ4n) is 1.29. The van der Waals surface area contributed by atoms with Crippen molar-refractivity contribution in [3.8, 4) is 0 Å². The maximum atomic E-state index is 5.58. The predicted molar refractivity (Wildman–Crippen MR) is 58.4 cm³/mol. The Balaban J connectivity index is 4.13. The van der Waals surface area contributed by atoms with Crippen LogP contribution in [0.25, 0.3) is 0 Å². The largest absolute Gasteiger partial charge is 0.357 e. The summed E-state index contributed by atoms with van der Waals surface area (Å²) in [4.78, 5) is 0. The summed E-state index contributed by atoms with van der Waals surface area (Å²) in [6.07, 6.45) is 0. The molecule has 0 bridgehead atoms. The second-order valence-electron chi connectivity index (χ2n) is 3.77. The number of hydrogen-bond acceptors (Lipinski definition) is 3. The molecule has 0 spiro atoms. The molecule has 0 fully saturated rings. The van der Waals surface area contributed by atoms with Gasteiger partial charge in [0.15, 0.2) is 0 Å². The molecule has 0 aromatic rings. The normalized spacial score (nSPS) is 12.5. The average Bonchev–Trinajstić information content (AvgIpc) is 2.04. The Kier molecular flexibility index (Phi) is 6.58. The van der Waals surface area contributed by atoms with Crippen molar-refractivity contribution in [1.29, 1.82) is 0 Å². The molecular formula is C9H23NO2Si. The Morgan fingerprint density at radius 2 is 1.62 bits per heavy atom. The molecule has 0 radical (unpaired) electrons. The fourth-order valence-corrected chi connectivity index (χ4v) is 3.51. The number of hydrogen-bond donors (Lipinski definition) is 1. The van der Waals surface area contributed by atoms with Crippen LogP contribution in [-0.4, -0.2) is 33.7 Å². The number of rotatable bonds is 7. The highest BCUT2D eigenvalue weighted by Gasteiger charge is 2.32. The highest BCUT2D eigenvalue weighted by atomic mass is 28.3. The molecule has 0 rings (SSSR count). The third-order valence-electron chi connectivity index (χ3n) is 2.06. The number of ether oxygens (including phenoxy) is 2. The topological polar surface area (TPSA) is 44.5 Å². The van der Waals surface area contributed by atoms with E-state index in [1.54, 1.807) is 0 Å². The smallest absolute Gasteiger partial charge is 0.141 e. The van der Waals surface area contributed by atoms with Crippen molar-refractivity contribution in [2.75, 3.05) is 19.8 Å². The molecule has 0 aliphatic heterocycles. The van der Waals surface area contributed by atoms with E-state index in [0.717, 1.165) is 12.6 Å². The first kappa shape index (κ1) is 13.1. The van der Waals surface area contributed by atoms with E-state index in [9.17, 15) is 0 Å². The zero-order valence-corrected chi connectivity index (χ0v) is 10.3. The van der Waals surface area contributed by atoms with Gasteiger partial charge in [-0.15, -0.1) is 0 Å². The zero-order valence-electron chi connectivity index (χ0n) is 9.30. The standard InChI is InChI=1S/C9H23NO2Si/c1-5-11-9(12-6-2)13(3,4)8-7-10/h9H,5-8,10H2,1-4H3. The minimum atomic E-state index is -1.44. The zero-order chi connectivity index (χ0) is 10.3. The summed E-state index contributed by atoms with van der Waals surface area (Å²) >= 11 is 0. The van der Waals surface area contributed by atoms with Crippen LogP contribution in [0.1, 0.15) is 13.8 Å². The van der Waals surface area contributed by atoms with Crippen molar-refractivity contribution in [1.82, 2.24) is 0 Å². The van der Waals surface area contributed by atoms with Gasteiger partial charge in [0.05, 0.1) is 0 Å². The lowest BCUT2D eigenvalue weighted by molar-refractivity contribution is -0.0882. The molecule has 13 heavy (non-hydrogen) atoms. The van der Waals surface area contributed by atoms with Crippen LogP contribution in [0.3, 0.4) is 0 Å². The SMILES string of the molecule is CCOC(OCC)[Si](C)(C)CCN. The van der Waals surface area contributed by atoms with Gasteiger partial charge in [0.25, 0.3) is 0 Å². The molecular weight excluding hydrogens is 182 g/mol. The quantitative estimate of drug-likeness (QED) is 0.507. The fraction of sp³-hybridized carbons (Fsp3) is 1.00. The van der Waals surface area contributed by atoms with Crippen LogP contribution >= 0.6 is 0 Å². The Labute approximate surface area is 82.6 Å². The van der Waals surface area contributed by atoms with Crippen LogP contribution < -0.4 is 5.73 Å². The second kappa shape index (κ2) is 6.54. The molecule has 2 N–H and O–H groups in total. The molecule has 80 valence electrons. The summed E-state index contributed by atoms with van der Waals surface area (Å²) in [7, 11) is -1.44. The van der Waals surface area contributed by atoms with E-state index < -0.39 is 8.07 Å². The van der Waals surface area contributed by atoms with Gasteiger partial charge in [-0.05, 0) is 26.4 Å². The number of nitrogens with two attached hydrogens (primary N) is 1. The van der Waals surface area contributed by atoms with Gasteiger partial charge in [-0.1, -0.05) is 13.1 Å². The molecule has 3 nitrogen and oxygen atoms in total. The molecule has 0 aliphatic carbocycles. The first-order valence-corrected chi connectivity index (χ1v) is 8.30. The van der Waals surface area contributed by atoms with E-state index in [2.05, 4.69) is 13.1 Å². The van der Waals surface area contributed by atoms with Crippen molar-refractivity contribution in [3.63, 3.8) is 0 Å². The molecule has 0 unspecified atom stereocenters. The van der Waals surface area contributed by atoms with Crippen LogP contribution in [0.2, 0.25) is 19.1 Å². The molecule has 0 aromatic heterocycles. The van der Waals surface area contributed by atoms with Gasteiger partial charge in [-0.2, -0.15) is 0 Å². The van der Waals surface area contributed by atoms with Crippen molar-refractivity contribution in [3.05, 3.63) is 0 Å². The van der Waals surface area contributed by atoms with E-state index in [4.69, 9.17) is 15.2 Å². The molecule has 0 heterocycles. The van der Waals surface area contributed by atoms with Gasteiger partial charge in [-0.3, -0.25) is 0 Å². The van der Waals surface area contributed by atoms with Crippen molar-refractivity contribution >= 4 is 8.07 Å². The highest BCUT2D eigenvalue weighted by molar-refractivity contribution is 6.78. The lowest BCUT2D eigenvalue weighted by Gasteiger charge is -2.31. The minimum Gasteiger partial charge on any atom is -0.357 e. The Hall–Kier alpha value is 0.0969. The van der Waals surface area contributed by atoms with E-state index >= 15 is 0 Å². The lowest BCUT2D eigenvalue weighted by atomic mass is 10.8. The maximum absolute atomic E-state index is 5.58. The van der Waals surface area contributed by atoms with Gasteiger partial charge in [0, 0.05) is 13.2 Å². The van der Waals surface area contributed by atoms with E-state index in [-0.39, 0.29) is 5.91 Å². The molecule has 0 aliphatic rings. The first-order valence-electron chi connectivity index (χ1n) is 5.01. The van der Waals surface area contributed by atoms with Crippen LogP contribution in [0, 0.1) is 0 Å². The summed E-state index contributed by atoms with van der Waals surface area (Å²) in [5.74, 6) is 0.00560. The maximum Gasteiger partial charge on any atom is 0.141 e. The first-order chi connectivity index (χ1) is 6.08. The van der Waals surface area contributed by atoms with Crippen molar-refractivity contribution in [2.24, 2.45) is 5.73 Å². The summed E-state index contributed by atoms with van der Waals surface area (Å²) in [6, 6.07) is 1.05. The Morgan fingerprint density at radius 3 is 1.92 bits per heavy atom. The monoisotopic (exact) mass is 205 g/mol. The van der Waals surface area contributed by atoms with Crippen molar-refractivity contribution < 1.29 is 9.47 Å². The predicted octanol–water partition coefficient (Wildman–Crippen LogP) is 1.59. The van der Waals surface area contributed by atoms with E-state index in [1.165, 1.54) is 0 Å². The van der Waals surface area contributed by atoms with Gasteiger partial charge < -0.3 is 15.2 Å². The summed E-state index contributed by atoms with van der Waals surface area (Å²) in [5, 5.41) is 0. The van der Waals surface area contributed by atoms with E-state index in [0.29, 0.717) is 13.2 Å². The molecule has 0 atom stereocenters. The van der Waals surface area contributed by atoms with Crippen LogP contribution in [0.15, 0.2) is 0 Å². The second-order valence-corrected chi connectivity index (χ2v) is 8.72. The van der Waals surface area contributed by atoms with Crippen molar-refractivity contribution in [2.45, 2.75) is 38.9 Å². The van der Waals surface area contributed by atoms with Gasteiger partial charge in [-0.25, -0.2) is 0 Å². The Morgan fingerprint density at radius 1 is 1.15 bits per heavy atom. The summed E-state index contributed by atoms with van der Waals surface area (Å²) in [5.41, 5.74) is 5.57. The molecule has 0 aromatic carbocycles. The molecule has 4 heteroatoms. The third kappa shape index (κ3) is 4.76. The summed E-state index contributed by atoms with van der Waals surface area (Å²) < 4.78 is 11.2. The minimum absolute atomic E-state index is 0.00560. The van der Waals surface area contributed by atoms with Gasteiger partial charge in [0.2, 0.25) is 0 Å². The Bertz CT molecular complexity index is 125. The van der Waals surface area contributed by atoms with Crippen LogP contribution in [0.4, 0.5) is 0 Å². The molecule has 0 amide bonds. The van der Waals surface area contributed by atoms with E-state index in [1.807, 2.05) is 13.8 Å². The molecule has 0 saturated heterocycles. The van der Waals surface area contributed by atoms with Crippen LogP contribution in [0.5, 0.6) is 0 Å². The molecule has 0 saturated carbocycles. The summed E-state index contributed by atoms with van der Waals surface area (Å²) in [6.45, 7) is 10.7.